The summed E-state index contributed by atoms with van der Waals surface area (Å²) in [5.41, 5.74) is -0.324. The van der Waals surface area contributed by atoms with E-state index in [0.717, 1.165) is 10.9 Å². The van der Waals surface area contributed by atoms with Crippen LogP contribution in [0.3, 0.4) is 0 Å². The fourth-order valence-corrected chi connectivity index (χ4v) is 4.08. The summed E-state index contributed by atoms with van der Waals surface area (Å²) >= 11 is 4.58. The molecule has 3 nitrogen and oxygen atoms in total. The molecule has 2 aromatic rings. The molecule has 0 bridgehead atoms. The van der Waals surface area contributed by atoms with E-state index >= 15 is 0 Å². The van der Waals surface area contributed by atoms with Gasteiger partial charge in [-0.25, -0.2) is 17.5 Å². The maximum absolute atomic E-state index is 13.5. The van der Waals surface area contributed by atoms with E-state index in [1.54, 1.807) is 11.3 Å². The zero-order chi connectivity index (χ0) is 15.7. The molecule has 0 aliphatic heterocycles. The van der Waals surface area contributed by atoms with Gasteiger partial charge in [0.1, 0.15) is 5.82 Å². The summed E-state index contributed by atoms with van der Waals surface area (Å²) in [6, 6.07) is 7.66. The number of halogens is 2. The number of benzene rings is 1. The third-order valence-electron chi connectivity index (χ3n) is 3.09. The van der Waals surface area contributed by atoms with Crippen LogP contribution in [-0.4, -0.2) is 15.0 Å². The summed E-state index contributed by atoms with van der Waals surface area (Å²) in [7, 11) is -3.73. The van der Waals surface area contributed by atoms with Crippen molar-refractivity contribution in [2.45, 2.75) is 24.2 Å². The smallest absolute Gasteiger partial charge is 0.210 e. The van der Waals surface area contributed by atoms with Crippen molar-refractivity contribution in [1.29, 1.82) is 0 Å². The van der Waals surface area contributed by atoms with E-state index in [9.17, 15) is 12.8 Å². The summed E-state index contributed by atoms with van der Waals surface area (Å²) in [6.45, 7) is 4.17. The van der Waals surface area contributed by atoms with Crippen LogP contribution in [0.2, 0.25) is 0 Å². The molecule has 1 N–H and O–H groups in total. The van der Waals surface area contributed by atoms with Crippen LogP contribution in [0.4, 0.5) is 4.39 Å². The van der Waals surface area contributed by atoms with Gasteiger partial charge in [0.25, 0.3) is 0 Å². The third-order valence-corrected chi connectivity index (χ3v) is 6.37. The Morgan fingerprint density at radius 2 is 2.05 bits per heavy atom. The van der Waals surface area contributed by atoms with E-state index < -0.39 is 15.8 Å². The molecule has 0 unspecified atom stereocenters. The van der Waals surface area contributed by atoms with Crippen molar-refractivity contribution in [2.75, 3.05) is 6.54 Å². The second-order valence-electron chi connectivity index (χ2n) is 5.26. The van der Waals surface area contributed by atoms with Crippen LogP contribution in [-0.2, 0) is 15.4 Å². The topological polar surface area (TPSA) is 46.2 Å². The van der Waals surface area contributed by atoms with Crippen molar-refractivity contribution < 1.29 is 12.8 Å². The van der Waals surface area contributed by atoms with E-state index in [1.165, 1.54) is 12.1 Å². The van der Waals surface area contributed by atoms with Crippen LogP contribution in [0.15, 0.2) is 45.1 Å². The number of rotatable bonds is 5. The summed E-state index contributed by atoms with van der Waals surface area (Å²) in [6.07, 6.45) is 0. The fourth-order valence-electron chi connectivity index (χ4n) is 1.75. The predicted octanol–water partition coefficient (Wildman–Crippen LogP) is 3.91. The largest absolute Gasteiger partial charge is 0.240 e. The van der Waals surface area contributed by atoms with Gasteiger partial charge < -0.3 is 0 Å². The first-order valence-corrected chi connectivity index (χ1v) is 9.37. The Labute approximate surface area is 136 Å². The molecular formula is C14H15BrFNO2S2. The van der Waals surface area contributed by atoms with Gasteiger partial charge >= 0.3 is 0 Å². The Kier molecular flexibility index (Phi) is 4.87. The number of nitrogens with one attached hydrogen (secondary N) is 1. The summed E-state index contributed by atoms with van der Waals surface area (Å²) in [5, 5.41) is 1.95. The Hall–Kier alpha value is -0.760. The lowest BCUT2D eigenvalue weighted by Crippen LogP contribution is -2.36. The van der Waals surface area contributed by atoms with E-state index in [4.69, 9.17) is 0 Å². The molecule has 0 saturated carbocycles. The minimum absolute atomic E-state index is 0.0785. The van der Waals surface area contributed by atoms with Gasteiger partial charge in [0.15, 0.2) is 0 Å². The first-order valence-electron chi connectivity index (χ1n) is 6.21. The highest BCUT2D eigenvalue weighted by molar-refractivity contribution is 9.10. The Morgan fingerprint density at radius 1 is 1.33 bits per heavy atom. The Morgan fingerprint density at radius 3 is 2.62 bits per heavy atom. The van der Waals surface area contributed by atoms with Gasteiger partial charge in [0.05, 0.1) is 9.37 Å². The standard InChI is InChI=1S/C14H15BrFNO2S2/c1-14(2,13-4-3-7-20-13)9-17-21(18,19)10-5-6-11(15)12(16)8-10/h3-8,17H,9H2,1-2H3. The molecule has 7 heteroatoms. The maximum Gasteiger partial charge on any atom is 0.240 e. The summed E-state index contributed by atoms with van der Waals surface area (Å²) in [5.74, 6) is -0.601. The molecule has 0 aliphatic rings. The second-order valence-corrected chi connectivity index (χ2v) is 8.83. The lowest BCUT2D eigenvalue weighted by molar-refractivity contribution is 0.509. The van der Waals surface area contributed by atoms with Gasteiger partial charge in [-0.15, -0.1) is 11.3 Å². The number of hydrogen-bond acceptors (Lipinski definition) is 3. The van der Waals surface area contributed by atoms with Crippen LogP contribution in [0.5, 0.6) is 0 Å². The Bertz CT molecular complexity index is 727. The average Bonchev–Trinajstić information content (AvgIpc) is 2.94. The van der Waals surface area contributed by atoms with Gasteiger partial charge in [-0.1, -0.05) is 19.9 Å². The predicted molar refractivity (Wildman–Crippen MR) is 86.6 cm³/mol. The molecule has 1 heterocycles. The lowest BCUT2D eigenvalue weighted by atomic mass is 9.92. The average molecular weight is 392 g/mol. The molecule has 1 aromatic heterocycles. The van der Waals surface area contributed by atoms with Crippen LogP contribution in [0, 0.1) is 5.82 Å². The molecule has 0 aliphatic carbocycles. The minimum atomic E-state index is -3.73. The normalized spacial score (nSPS) is 12.6. The summed E-state index contributed by atoms with van der Waals surface area (Å²) in [4.78, 5) is 1.01. The van der Waals surface area contributed by atoms with E-state index in [-0.39, 0.29) is 21.3 Å². The highest BCUT2D eigenvalue weighted by Crippen LogP contribution is 2.27. The van der Waals surface area contributed by atoms with Gasteiger partial charge in [-0.3, -0.25) is 0 Å². The van der Waals surface area contributed by atoms with Crippen LogP contribution >= 0.6 is 27.3 Å². The van der Waals surface area contributed by atoms with Gasteiger partial charge in [0, 0.05) is 16.8 Å². The van der Waals surface area contributed by atoms with Crippen LogP contribution in [0.1, 0.15) is 18.7 Å². The maximum atomic E-state index is 13.5. The van der Waals surface area contributed by atoms with Gasteiger partial charge in [-0.2, -0.15) is 0 Å². The molecule has 0 spiro atoms. The molecule has 21 heavy (non-hydrogen) atoms. The van der Waals surface area contributed by atoms with Gasteiger partial charge in [-0.05, 0) is 45.6 Å². The summed E-state index contributed by atoms with van der Waals surface area (Å²) < 4.78 is 40.7. The fraction of sp³-hybridized carbons (Fsp3) is 0.286. The molecule has 0 amide bonds. The number of thiophene rings is 1. The molecule has 0 radical (unpaired) electrons. The van der Waals surface area contributed by atoms with E-state index in [2.05, 4.69) is 20.7 Å². The Balaban J connectivity index is 2.16. The first kappa shape index (κ1) is 16.6. The van der Waals surface area contributed by atoms with Crippen LogP contribution in [0.25, 0.3) is 0 Å². The van der Waals surface area contributed by atoms with Crippen molar-refractivity contribution in [3.05, 3.63) is 50.9 Å². The number of hydrogen-bond donors (Lipinski definition) is 1. The monoisotopic (exact) mass is 391 g/mol. The zero-order valence-electron chi connectivity index (χ0n) is 11.6. The third kappa shape index (κ3) is 3.91. The van der Waals surface area contributed by atoms with E-state index in [0.29, 0.717) is 0 Å². The van der Waals surface area contributed by atoms with Crippen molar-refractivity contribution in [3.8, 4) is 0 Å². The van der Waals surface area contributed by atoms with Crippen molar-refractivity contribution in [2.24, 2.45) is 0 Å². The SMILES string of the molecule is CC(C)(CNS(=O)(=O)c1ccc(Br)c(F)c1)c1cccs1. The molecule has 2 rings (SSSR count). The molecule has 114 valence electrons. The lowest BCUT2D eigenvalue weighted by Gasteiger charge is -2.23. The van der Waals surface area contributed by atoms with Crippen LogP contribution < -0.4 is 4.72 Å². The zero-order valence-corrected chi connectivity index (χ0v) is 14.8. The van der Waals surface area contributed by atoms with Crippen molar-refractivity contribution in [1.82, 2.24) is 4.72 Å². The molecule has 1 aromatic carbocycles. The van der Waals surface area contributed by atoms with Crippen molar-refractivity contribution >= 4 is 37.3 Å². The molecule has 0 saturated heterocycles. The second kappa shape index (κ2) is 6.16. The van der Waals surface area contributed by atoms with Gasteiger partial charge in [0.2, 0.25) is 10.0 Å². The quantitative estimate of drug-likeness (QED) is 0.839. The van der Waals surface area contributed by atoms with Crippen molar-refractivity contribution in [3.63, 3.8) is 0 Å². The number of sulfonamides is 1. The van der Waals surface area contributed by atoms with E-state index in [1.807, 2.05) is 31.4 Å². The highest BCUT2D eigenvalue weighted by Gasteiger charge is 2.25. The molecule has 0 atom stereocenters. The first-order chi connectivity index (χ1) is 9.72. The molecular weight excluding hydrogens is 377 g/mol. The minimum Gasteiger partial charge on any atom is -0.210 e. The highest BCUT2D eigenvalue weighted by atomic mass is 79.9. The molecule has 0 fully saturated rings.